The molecule has 2 aromatic carbocycles. The highest BCUT2D eigenvalue weighted by molar-refractivity contribution is 6.07. The van der Waals surface area contributed by atoms with Gasteiger partial charge in [-0.3, -0.25) is 9.69 Å². The maximum absolute atomic E-state index is 12.6. The first-order valence-electron chi connectivity index (χ1n) is 7.62. The largest absolute Gasteiger partial charge is 0.468 e. The summed E-state index contributed by atoms with van der Waals surface area (Å²) in [7, 11) is 3.94. The molecule has 0 radical (unpaired) electrons. The van der Waals surface area contributed by atoms with Crippen LogP contribution in [0.3, 0.4) is 0 Å². The van der Waals surface area contributed by atoms with E-state index < -0.39 is 0 Å². The van der Waals surface area contributed by atoms with Gasteiger partial charge in [0.25, 0.3) is 5.91 Å². The van der Waals surface area contributed by atoms with Crippen LogP contribution in [0.2, 0.25) is 0 Å². The van der Waals surface area contributed by atoms with E-state index in [1.165, 1.54) is 0 Å². The van der Waals surface area contributed by atoms with E-state index >= 15 is 0 Å². The molecule has 0 bridgehead atoms. The van der Waals surface area contributed by atoms with E-state index in [1.807, 2.05) is 73.6 Å². The van der Waals surface area contributed by atoms with E-state index in [0.29, 0.717) is 12.1 Å². The fourth-order valence-electron chi connectivity index (χ4n) is 2.73. The van der Waals surface area contributed by atoms with Crippen LogP contribution in [0.1, 0.15) is 22.2 Å². The predicted octanol–water partition coefficient (Wildman–Crippen LogP) is 3.47. The van der Waals surface area contributed by atoms with Crippen molar-refractivity contribution in [1.29, 1.82) is 0 Å². The van der Waals surface area contributed by atoms with Gasteiger partial charge >= 0.3 is 0 Å². The molecule has 1 N–H and O–H groups in total. The van der Waals surface area contributed by atoms with Gasteiger partial charge in [0.15, 0.2) is 0 Å². The first-order chi connectivity index (χ1) is 11.2. The smallest absolute Gasteiger partial charge is 0.251 e. The summed E-state index contributed by atoms with van der Waals surface area (Å²) in [5, 5.41) is 5.05. The monoisotopic (exact) mass is 308 g/mol. The predicted molar refractivity (Wildman–Crippen MR) is 91.4 cm³/mol. The second-order valence-corrected chi connectivity index (χ2v) is 5.73. The highest BCUT2D eigenvalue weighted by Crippen LogP contribution is 2.20. The molecular formula is C19H20N2O2. The van der Waals surface area contributed by atoms with E-state index in [-0.39, 0.29) is 11.9 Å². The van der Waals surface area contributed by atoms with Crippen molar-refractivity contribution in [3.8, 4) is 0 Å². The molecule has 0 saturated heterocycles. The highest BCUT2D eigenvalue weighted by Gasteiger charge is 2.18. The van der Waals surface area contributed by atoms with Crippen molar-refractivity contribution < 1.29 is 9.21 Å². The minimum absolute atomic E-state index is 0.00364. The number of nitrogens with one attached hydrogen (secondary N) is 1. The lowest BCUT2D eigenvalue weighted by Crippen LogP contribution is -2.34. The lowest BCUT2D eigenvalue weighted by molar-refractivity contribution is 0.0940. The van der Waals surface area contributed by atoms with Crippen LogP contribution in [0.5, 0.6) is 0 Å². The minimum atomic E-state index is -0.0693. The van der Waals surface area contributed by atoms with Gasteiger partial charge in [0.2, 0.25) is 0 Å². The highest BCUT2D eigenvalue weighted by atomic mass is 16.3. The van der Waals surface area contributed by atoms with Crippen molar-refractivity contribution in [2.75, 3.05) is 20.6 Å². The van der Waals surface area contributed by atoms with E-state index in [2.05, 4.69) is 5.32 Å². The van der Waals surface area contributed by atoms with Crippen LogP contribution in [0, 0.1) is 0 Å². The Balaban J connectivity index is 1.78. The van der Waals surface area contributed by atoms with Gasteiger partial charge in [-0.05, 0) is 43.1 Å². The van der Waals surface area contributed by atoms with Crippen molar-refractivity contribution in [2.45, 2.75) is 6.04 Å². The maximum atomic E-state index is 12.6. The normalized spacial score (nSPS) is 12.5. The first-order valence-corrected chi connectivity index (χ1v) is 7.62. The number of rotatable bonds is 5. The summed E-state index contributed by atoms with van der Waals surface area (Å²) in [6, 6.07) is 17.5. The molecule has 23 heavy (non-hydrogen) atoms. The van der Waals surface area contributed by atoms with Crippen LogP contribution in [0.25, 0.3) is 10.8 Å². The molecule has 1 heterocycles. The molecule has 0 fully saturated rings. The second kappa shape index (κ2) is 6.67. The summed E-state index contributed by atoms with van der Waals surface area (Å²) < 4.78 is 5.47. The zero-order valence-corrected chi connectivity index (χ0v) is 13.3. The number of benzene rings is 2. The minimum Gasteiger partial charge on any atom is -0.468 e. The van der Waals surface area contributed by atoms with Gasteiger partial charge in [-0.15, -0.1) is 0 Å². The summed E-state index contributed by atoms with van der Waals surface area (Å²) in [6.07, 6.45) is 1.65. The number of hydrogen-bond donors (Lipinski definition) is 1. The van der Waals surface area contributed by atoms with Crippen LogP contribution < -0.4 is 5.32 Å². The summed E-state index contributed by atoms with van der Waals surface area (Å²) in [5.41, 5.74) is 0.694. The number of nitrogens with zero attached hydrogens (tertiary/aromatic N) is 1. The van der Waals surface area contributed by atoms with Crippen molar-refractivity contribution in [2.24, 2.45) is 0 Å². The average Bonchev–Trinajstić information content (AvgIpc) is 3.08. The number of fused-ring (bicyclic) bond motifs is 1. The Hall–Kier alpha value is -2.59. The molecule has 118 valence electrons. The van der Waals surface area contributed by atoms with Gasteiger partial charge < -0.3 is 9.73 Å². The number of amides is 1. The zero-order chi connectivity index (χ0) is 16.2. The SMILES string of the molecule is CN(C)C(CNC(=O)c1cccc2ccccc12)c1ccco1. The van der Waals surface area contributed by atoms with Crippen LogP contribution in [0.4, 0.5) is 0 Å². The van der Waals surface area contributed by atoms with Crippen LogP contribution in [-0.4, -0.2) is 31.4 Å². The molecule has 3 aromatic rings. The van der Waals surface area contributed by atoms with Gasteiger partial charge in [-0.25, -0.2) is 0 Å². The summed E-state index contributed by atoms with van der Waals surface area (Å²) in [4.78, 5) is 14.6. The molecule has 0 spiro atoms. The Labute approximate surface area is 135 Å². The van der Waals surface area contributed by atoms with Crippen molar-refractivity contribution in [3.63, 3.8) is 0 Å². The molecule has 1 amide bonds. The topological polar surface area (TPSA) is 45.5 Å². The summed E-state index contributed by atoms with van der Waals surface area (Å²) >= 11 is 0. The molecule has 4 nitrogen and oxygen atoms in total. The van der Waals surface area contributed by atoms with E-state index in [1.54, 1.807) is 6.26 Å². The number of carbonyl (C=O) groups is 1. The van der Waals surface area contributed by atoms with E-state index in [4.69, 9.17) is 4.42 Å². The Morgan fingerprint density at radius 3 is 2.61 bits per heavy atom. The molecule has 1 aromatic heterocycles. The number of likely N-dealkylation sites (N-methyl/N-ethyl adjacent to an activating group) is 1. The first kappa shape index (κ1) is 15.3. The van der Waals surface area contributed by atoms with Crippen molar-refractivity contribution >= 4 is 16.7 Å². The van der Waals surface area contributed by atoms with E-state index in [0.717, 1.165) is 16.5 Å². The van der Waals surface area contributed by atoms with Crippen LogP contribution >= 0.6 is 0 Å². The Morgan fingerprint density at radius 1 is 1.09 bits per heavy atom. The Morgan fingerprint density at radius 2 is 1.87 bits per heavy atom. The maximum Gasteiger partial charge on any atom is 0.251 e. The van der Waals surface area contributed by atoms with Gasteiger partial charge in [-0.1, -0.05) is 36.4 Å². The summed E-state index contributed by atoms with van der Waals surface area (Å²) in [5.74, 6) is 0.772. The molecule has 1 unspecified atom stereocenters. The van der Waals surface area contributed by atoms with Crippen LogP contribution in [-0.2, 0) is 0 Å². The molecular weight excluding hydrogens is 288 g/mol. The Bertz CT molecular complexity index is 789. The quantitative estimate of drug-likeness (QED) is 0.785. The third-order valence-electron chi connectivity index (χ3n) is 3.99. The van der Waals surface area contributed by atoms with E-state index in [9.17, 15) is 4.79 Å². The molecule has 3 rings (SSSR count). The fraction of sp³-hybridized carbons (Fsp3) is 0.211. The second-order valence-electron chi connectivity index (χ2n) is 5.73. The van der Waals surface area contributed by atoms with Gasteiger partial charge in [0, 0.05) is 12.1 Å². The lowest BCUT2D eigenvalue weighted by atomic mass is 10.0. The molecule has 0 aliphatic carbocycles. The van der Waals surface area contributed by atoms with Gasteiger partial charge in [0.1, 0.15) is 5.76 Å². The number of furan rings is 1. The Kier molecular flexibility index (Phi) is 4.44. The van der Waals surface area contributed by atoms with Crippen LogP contribution in [0.15, 0.2) is 65.3 Å². The van der Waals surface area contributed by atoms with Gasteiger partial charge in [-0.2, -0.15) is 0 Å². The summed E-state index contributed by atoms with van der Waals surface area (Å²) in [6.45, 7) is 0.489. The molecule has 0 aliphatic heterocycles. The molecule has 0 saturated carbocycles. The third kappa shape index (κ3) is 3.27. The zero-order valence-electron chi connectivity index (χ0n) is 13.3. The molecule has 4 heteroatoms. The average molecular weight is 308 g/mol. The third-order valence-corrected chi connectivity index (χ3v) is 3.99. The lowest BCUT2D eigenvalue weighted by Gasteiger charge is -2.22. The molecule has 1 atom stereocenters. The standard InChI is InChI=1S/C19H20N2O2/c1-21(2)17(18-11-6-12-23-18)13-20-19(22)16-10-5-8-14-7-3-4-9-15(14)16/h3-12,17H,13H2,1-2H3,(H,20,22). The number of hydrogen-bond acceptors (Lipinski definition) is 3. The van der Waals surface area contributed by atoms with Crippen molar-refractivity contribution in [1.82, 2.24) is 10.2 Å². The van der Waals surface area contributed by atoms with Gasteiger partial charge in [0.05, 0.1) is 12.3 Å². The van der Waals surface area contributed by atoms with Crippen molar-refractivity contribution in [3.05, 3.63) is 72.2 Å². The number of carbonyl (C=O) groups excluding carboxylic acids is 1. The fourth-order valence-corrected chi connectivity index (χ4v) is 2.73. The molecule has 0 aliphatic rings.